The molecule has 6 rings (SSSR count). The Labute approximate surface area is 357 Å². The summed E-state index contributed by atoms with van der Waals surface area (Å²) in [5, 5.41) is 5.74. The largest absolute Gasteiger partial charge is 0.464 e. The molecule has 0 atom stereocenters. The van der Waals surface area contributed by atoms with Crippen LogP contribution in [0.3, 0.4) is 0 Å². The van der Waals surface area contributed by atoms with Crippen molar-refractivity contribution in [1.82, 2.24) is 15.0 Å². The van der Waals surface area contributed by atoms with E-state index in [0.29, 0.717) is 32.5 Å². The molecule has 0 aliphatic rings. The van der Waals surface area contributed by atoms with Crippen molar-refractivity contribution in [2.75, 3.05) is 0 Å². The predicted molar refractivity (Wildman–Crippen MR) is 263 cm³/mol. The number of H-pyrrole nitrogens is 1. The SMILES string of the molecule is CC(C)(C)C.CC(C)(C)C.CC(C)(C)C.CC(C)(C)C.CC(C)(C)C.CC(C)(C)C.c1cc2cc[nH]c2cn1.c1cc2ccsc2cn1.c1ccc2occc2c1. The van der Waals surface area contributed by atoms with E-state index in [-0.39, 0.29) is 0 Å². The van der Waals surface area contributed by atoms with Crippen LogP contribution in [-0.2, 0) is 0 Å². The molecule has 0 fully saturated rings. The summed E-state index contributed by atoms with van der Waals surface area (Å²) in [4.78, 5) is 11.0. The lowest BCUT2D eigenvalue weighted by Crippen LogP contribution is -1.93. The number of thiophene rings is 1. The van der Waals surface area contributed by atoms with E-state index in [0.717, 1.165) is 16.5 Å². The Morgan fingerprint density at radius 3 is 1.25 bits per heavy atom. The molecule has 5 aromatic heterocycles. The molecule has 0 bridgehead atoms. The second kappa shape index (κ2) is 27.3. The summed E-state index contributed by atoms with van der Waals surface area (Å²) in [6, 6.07) is 18.0. The summed E-state index contributed by atoms with van der Waals surface area (Å²) in [7, 11) is 0. The molecule has 0 aliphatic heterocycles. The molecule has 0 saturated carbocycles. The quantitative estimate of drug-likeness (QED) is 0.166. The van der Waals surface area contributed by atoms with Gasteiger partial charge in [0.2, 0.25) is 0 Å². The maximum Gasteiger partial charge on any atom is 0.133 e. The average molecular weight is 804 g/mol. The number of nitrogens with zero attached hydrogens (tertiary/aromatic N) is 2. The van der Waals surface area contributed by atoms with Crippen LogP contribution in [0.4, 0.5) is 0 Å². The van der Waals surface area contributed by atoms with E-state index in [1.54, 1.807) is 23.8 Å². The first-order valence-electron chi connectivity index (χ1n) is 20.5. The lowest BCUT2D eigenvalue weighted by molar-refractivity contribution is 0.469. The Balaban J connectivity index is -0.000000587. The number of benzene rings is 1. The minimum atomic E-state index is 0.500. The fourth-order valence-corrected chi connectivity index (χ4v) is 3.36. The van der Waals surface area contributed by atoms with Crippen molar-refractivity contribution in [3.63, 3.8) is 0 Å². The van der Waals surface area contributed by atoms with Gasteiger partial charge in [-0.3, -0.25) is 9.97 Å². The fraction of sp³-hybridized carbons (Fsp3) is 0.577. The third kappa shape index (κ3) is 59.4. The number of hydrogen-bond acceptors (Lipinski definition) is 4. The Hall–Kier alpha value is -3.44. The highest BCUT2D eigenvalue weighted by atomic mass is 32.1. The number of fused-ring (bicyclic) bond motifs is 3. The zero-order valence-electron chi connectivity index (χ0n) is 41.4. The van der Waals surface area contributed by atoms with Gasteiger partial charge < -0.3 is 9.40 Å². The predicted octanol–water partition coefficient (Wildman–Crippen LogP) is 18.6. The standard InChI is InChI=1S/C8H6O.C7H6N2.C7H5NS.6C5H12/c1-2-4-8-7(3-1)5-6-9-8;2*1-3-8-5-7-6(1)2-4-9-7;6*1-5(2,3)4/h1-6H;1-5,9H;1-5H;6*1-4H3. The van der Waals surface area contributed by atoms with Crippen LogP contribution < -0.4 is 0 Å². The van der Waals surface area contributed by atoms with Gasteiger partial charge in [0.25, 0.3) is 0 Å². The summed E-state index contributed by atoms with van der Waals surface area (Å²) < 4.78 is 6.38. The van der Waals surface area contributed by atoms with Gasteiger partial charge in [0.05, 0.1) is 22.7 Å². The smallest absolute Gasteiger partial charge is 0.133 e. The van der Waals surface area contributed by atoms with E-state index in [9.17, 15) is 0 Å². The third-order valence-electron chi connectivity index (χ3n) is 3.98. The second-order valence-corrected chi connectivity index (χ2v) is 24.7. The molecule has 0 aliphatic carbocycles. The van der Waals surface area contributed by atoms with Crippen LogP contribution in [0.25, 0.3) is 32.0 Å². The zero-order chi connectivity index (χ0) is 45.3. The van der Waals surface area contributed by atoms with E-state index in [4.69, 9.17) is 4.42 Å². The van der Waals surface area contributed by atoms with Crippen LogP contribution in [0, 0.1) is 32.5 Å². The number of hydrogen-bond donors (Lipinski definition) is 1. The van der Waals surface area contributed by atoms with Crippen LogP contribution in [0.15, 0.2) is 102 Å². The molecule has 5 heterocycles. The zero-order valence-corrected chi connectivity index (χ0v) is 42.3. The van der Waals surface area contributed by atoms with Gasteiger partial charge in [0, 0.05) is 35.6 Å². The lowest BCUT2D eigenvalue weighted by atomic mass is 10.0. The van der Waals surface area contributed by atoms with Crippen LogP contribution in [0.1, 0.15) is 166 Å². The van der Waals surface area contributed by atoms with Crippen molar-refractivity contribution in [1.29, 1.82) is 0 Å². The number of nitrogens with one attached hydrogen (secondary N) is 1. The summed E-state index contributed by atoms with van der Waals surface area (Å²) in [5.41, 5.74) is 5.05. The second-order valence-electron chi connectivity index (χ2n) is 23.7. The van der Waals surface area contributed by atoms with Gasteiger partial charge in [0.1, 0.15) is 5.58 Å². The number of furan rings is 1. The van der Waals surface area contributed by atoms with Crippen LogP contribution in [0.2, 0.25) is 0 Å². The van der Waals surface area contributed by atoms with E-state index in [2.05, 4.69) is 193 Å². The van der Waals surface area contributed by atoms with E-state index < -0.39 is 0 Å². The highest BCUT2D eigenvalue weighted by molar-refractivity contribution is 7.17. The summed E-state index contributed by atoms with van der Waals surface area (Å²) in [6.07, 6.45) is 10.9. The number of aromatic nitrogens is 3. The molecule has 0 saturated heterocycles. The van der Waals surface area contributed by atoms with Gasteiger partial charge in [-0.1, -0.05) is 184 Å². The minimum Gasteiger partial charge on any atom is -0.464 e. The molecule has 6 aromatic rings. The Morgan fingerprint density at radius 2 is 0.842 bits per heavy atom. The molecule has 1 aromatic carbocycles. The molecule has 1 N–H and O–H groups in total. The molecule has 4 nitrogen and oxygen atoms in total. The van der Waals surface area contributed by atoms with Gasteiger partial charge in [-0.25, -0.2) is 0 Å². The van der Waals surface area contributed by atoms with Crippen molar-refractivity contribution >= 4 is 43.3 Å². The summed E-state index contributed by atoms with van der Waals surface area (Å²) in [5.74, 6) is 0. The van der Waals surface area contributed by atoms with Crippen LogP contribution >= 0.6 is 11.3 Å². The van der Waals surface area contributed by atoms with E-state index >= 15 is 0 Å². The topological polar surface area (TPSA) is 54.7 Å². The minimum absolute atomic E-state index is 0.500. The van der Waals surface area contributed by atoms with Crippen LogP contribution in [0.5, 0.6) is 0 Å². The summed E-state index contributed by atoms with van der Waals surface area (Å²) in [6.45, 7) is 52.5. The first-order valence-corrected chi connectivity index (χ1v) is 21.3. The molecule has 0 radical (unpaired) electrons. The Bertz CT molecular complexity index is 1420. The van der Waals surface area contributed by atoms with Gasteiger partial charge in [-0.05, 0) is 79.7 Å². The monoisotopic (exact) mass is 804 g/mol. The Kier molecular flexibility index (Phi) is 27.7. The van der Waals surface area contributed by atoms with E-state index in [1.165, 1.54) is 15.5 Å². The maximum atomic E-state index is 5.12. The molecular weight excluding hydrogens is 715 g/mol. The maximum absolute atomic E-state index is 5.12. The molecule has 0 amide bonds. The molecule has 57 heavy (non-hydrogen) atoms. The fourth-order valence-electron chi connectivity index (χ4n) is 2.61. The first kappa shape index (κ1) is 57.9. The highest BCUT2D eigenvalue weighted by Crippen LogP contribution is 2.18. The van der Waals surface area contributed by atoms with Crippen molar-refractivity contribution < 1.29 is 4.42 Å². The lowest BCUT2D eigenvalue weighted by Gasteiger charge is -2.05. The summed E-state index contributed by atoms with van der Waals surface area (Å²) >= 11 is 1.72. The van der Waals surface area contributed by atoms with Crippen molar-refractivity contribution in [3.05, 3.63) is 97.2 Å². The van der Waals surface area contributed by atoms with Crippen molar-refractivity contribution in [2.24, 2.45) is 32.5 Å². The Morgan fingerprint density at radius 1 is 0.439 bits per heavy atom. The van der Waals surface area contributed by atoms with Gasteiger partial charge in [0.15, 0.2) is 0 Å². The van der Waals surface area contributed by atoms with Gasteiger partial charge in [-0.2, -0.15) is 0 Å². The molecule has 324 valence electrons. The number of pyridine rings is 2. The highest BCUT2D eigenvalue weighted by Gasteiger charge is 1.98. The van der Waals surface area contributed by atoms with Gasteiger partial charge in [-0.15, -0.1) is 11.3 Å². The molecular formula is C52H89N3OS. The first-order chi connectivity index (χ1) is 25.4. The number of aromatic amines is 1. The number of para-hydroxylation sites is 1. The molecule has 0 unspecified atom stereocenters. The number of rotatable bonds is 0. The normalized spacial score (nSPS) is 11.2. The third-order valence-corrected chi connectivity index (χ3v) is 4.84. The van der Waals surface area contributed by atoms with Crippen molar-refractivity contribution in [3.8, 4) is 0 Å². The average Bonchev–Trinajstić information content (AvgIpc) is 3.73. The van der Waals surface area contributed by atoms with Crippen LogP contribution in [-0.4, -0.2) is 15.0 Å². The van der Waals surface area contributed by atoms with Gasteiger partial charge >= 0.3 is 0 Å². The van der Waals surface area contributed by atoms with Crippen molar-refractivity contribution in [2.45, 2.75) is 166 Å². The molecule has 5 heteroatoms. The molecule has 0 spiro atoms. The van der Waals surface area contributed by atoms with E-state index in [1.807, 2.05) is 73.3 Å².